The van der Waals surface area contributed by atoms with E-state index in [9.17, 15) is 0 Å². The summed E-state index contributed by atoms with van der Waals surface area (Å²) >= 11 is 0. The van der Waals surface area contributed by atoms with Crippen LogP contribution in [0.1, 0.15) is 43.4 Å². The Morgan fingerprint density at radius 3 is 2.67 bits per heavy atom. The number of aryl methyl sites for hydroxylation is 1. The Hall–Kier alpha value is -1.81. The highest BCUT2D eigenvalue weighted by Crippen LogP contribution is 2.32. The molecule has 1 aromatic carbocycles. The van der Waals surface area contributed by atoms with Gasteiger partial charge in [-0.15, -0.1) is 0 Å². The summed E-state index contributed by atoms with van der Waals surface area (Å²) in [4.78, 5) is 0. The van der Waals surface area contributed by atoms with Crippen LogP contribution in [-0.2, 0) is 18.6 Å². The molecule has 0 aliphatic carbocycles. The average Bonchev–Trinajstić information content (AvgIpc) is 2.84. The van der Waals surface area contributed by atoms with Gasteiger partial charge in [0.1, 0.15) is 12.4 Å². The second-order valence-electron chi connectivity index (χ2n) is 6.35. The van der Waals surface area contributed by atoms with Crippen LogP contribution in [0, 0.1) is 6.92 Å². The summed E-state index contributed by atoms with van der Waals surface area (Å²) in [6.45, 7) is 9.75. The topological polar surface area (TPSA) is 47.3 Å². The first-order valence-corrected chi connectivity index (χ1v) is 7.23. The van der Waals surface area contributed by atoms with Crippen molar-refractivity contribution in [2.75, 3.05) is 7.05 Å². The van der Waals surface area contributed by atoms with Crippen molar-refractivity contribution in [3.05, 3.63) is 46.8 Å². The number of hydrogen-bond donors (Lipinski definition) is 1. The monoisotopic (exact) mass is 288 g/mol. The Kier molecular flexibility index (Phi) is 4.68. The van der Waals surface area contributed by atoms with Gasteiger partial charge in [0.2, 0.25) is 0 Å². The van der Waals surface area contributed by atoms with Crippen LogP contribution in [0.4, 0.5) is 0 Å². The first-order valence-electron chi connectivity index (χ1n) is 7.23. The molecule has 0 fully saturated rings. The molecule has 4 heteroatoms. The van der Waals surface area contributed by atoms with E-state index in [-0.39, 0.29) is 5.41 Å². The second kappa shape index (κ2) is 6.31. The molecule has 1 N–H and O–H groups in total. The molecule has 1 aromatic heterocycles. The highest BCUT2D eigenvalue weighted by molar-refractivity contribution is 5.41. The van der Waals surface area contributed by atoms with Gasteiger partial charge in [0.15, 0.2) is 5.76 Å². The maximum Gasteiger partial charge on any atom is 0.174 e. The average molecular weight is 288 g/mol. The standard InChI is InChI=1S/C17H24N2O2/c1-12-6-7-16(15(8-12)17(2,3)4)20-11-14-9-13(10-18-5)19-21-14/h6-9,18H,10-11H2,1-5H3. The van der Waals surface area contributed by atoms with E-state index in [2.05, 4.69) is 50.3 Å². The molecule has 21 heavy (non-hydrogen) atoms. The molecule has 0 atom stereocenters. The molecule has 0 aliphatic heterocycles. The molecule has 0 radical (unpaired) electrons. The Labute approximate surface area is 126 Å². The van der Waals surface area contributed by atoms with E-state index >= 15 is 0 Å². The van der Waals surface area contributed by atoms with Gasteiger partial charge in [-0.05, 0) is 31.0 Å². The van der Waals surface area contributed by atoms with Crippen LogP contribution in [-0.4, -0.2) is 12.2 Å². The summed E-state index contributed by atoms with van der Waals surface area (Å²) in [6, 6.07) is 8.20. The number of hydrogen-bond acceptors (Lipinski definition) is 4. The Morgan fingerprint density at radius 1 is 1.24 bits per heavy atom. The maximum atomic E-state index is 5.94. The molecule has 0 bridgehead atoms. The number of aromatic nitrogens is 1. The van der Waals surface area contributed by atoms with E-state index in [0.717, 1.165) is 17.2 Å². The minimum atomic E-state index is 0.0417. The minimum absolute atomic E-state index is 0.0417. The second-order valence-corrected chi connectivity index (χ2v) is 6.35. The normalized spacial score (nSPS) is 11.7. The lowest BCUT2D eigenvalue weighted by molar-refractivity contribution is 0.244. The largest absolute Gasteiger partial charge is 0.485 e. The first kappa shape index (κ1) is 15.6. The third-order valence-corrected chi connectivity index (χ3v) is 3.28. The van der Waals surface area contributed by atoms with Crippen LogP contribution in [0.15, 0.2) is 28.8 Å². The Balaban J connectivity index is 2.12. The number of benzene rings is 1. The molecule has 2 rings (SSSR count). The molecule has 114 valence electrons. The van der Waals surface area contributed by atoms with Crippen molar-refractivity contribution in [1.82, 2.24) is 10.5 Å². The lowest BCUT2D eigenvalue weighted by atomic mass is 9.85. The molecule has 0 amide bonds. The van der Waals surface area contributed by atoms with Gasteiger partial charge in [-0.2, -0.15) is 0 Å². The lowest BCUT2D eigenvalue weighted by Crippen LogP contribution is -2.13. The molecule has 4 nitrogen and oxygen atoms in total. The molecular formula is C17H24N2O2. The van der Waals surface area contributed by atoms with Crippen LogP contribution >= 0.6 is 0 Å². The Bertz CT molecular complexity index is 597. The fraction of sp³-hybridized carbons (Fsp3) is 0.471. The van der Waals surface area contributed by atoms with Crippen LogP contribution in [0.25, 0.3) is 0 Å². The van der Waals surface area contributed by atoms with Crippen LogP contribution in [0.3, 0.4) is 0 Å². The Morgan fingerprint density at radius 2 is 2.00 bits per heavy atom. The molecule has 0 spiro atoms. The zero-order chi connectivity index (χ0) is 15.5. The first-order chi connectivity index (χ1) is 9.90. The van der Waals surface area contributed by atoms with Gasteiger partial charge in [0.05, 0.1) is 5.69 Å². The van der Waals surface area contributed by atoms with Crippen LogP contribution in [0.5, 0.6) is 5.75 Å². The number of ether oxygens (including phenoxy) is 1. The molecule has 0 saturated carbocycles. The molecular weight excluding hydrogens is 264 g/mol. The van der Waals surface area contributed by atoms with Crippen molar-refractivity contribution in [3.63, 3.8) is 0 Å². The maximum absolute atomic E-state index is 5.94. The number of nitrogens with zero attached hydrogens (tertiary/aromatic N) is 1. The molecule has 2 aromatic rings. The van der Waals surface area contributed by atoms with Crippen molar-refractivity contribution < 1.29 is 9.26 Å². The molecule has 0 unspecified atom stereocenters. The summed E-state index contributed by atoms with van der Waals surface area (Å²) in [5.41, 5.74) is 3.37. The zero-order valence-electron chi connectivity index (χ0n) is 13.5. The quantitative estimate of drug-likeness (QED) is 0.913. The van der Waals surface area contributed by atoms with Crippen LogP contribution < -0.4 is 10.1 Å². The van der Waals surface area contributed by atoms with E-state index in [1.807, 2.05) is 19.2 Å². The number of rotatable bonds is 5. The van der Waals surface area contributed by atoms with Gasteiger partial charge in [-0.25, -0.2) is 0 Å². The number of nitrogens with one attached hydrogen (secondary N) is 1. The fourth-order valence-corrected chi connectivity index (χ4v) is 2.19. The third kappa shape index (κ3) is 4.08. The predicted molar refractivity (Wildman–Crippen MR) is 83.5 cm³/mol. The zero-order valence-corrected chi connectivity index (χ0v) is 13.5. The SMILES string of the molecule is CNCc1cc(COc2ccc(C)cc2C(C)(C)C)on1. The van der Waals surface area contributed by atoms with Crippen molar-refractivity contribution in [2.24, 2.45) is 0 Å². The lowest BCUT2D eigenvalue weighted by Gasteiger charge is -2.23. The van der Waals surface area contributed by atoms with Crippen molar-refractivity contribution in [2.45, 2.75) is 46.3 Å². The van der Waals surface area contributed by atoms with Gasteiger partial charge in [0, 0.05) is 12.6 Å². The predicted octanol–water partition coefficient (Wildman–Crippen LogP) is 3.58. The fourth-order valence-electron chi connectivity index (χ4n) is 2.19. The van der Waals surface area contributed by atoms with E-state index in [1.54, 1.807) is 0 Å². The summed E-state index contributed by atoms with van der Waals surface area (Å²) in [5.74, 6) is 1.64. The van der Waals surface area contributed by atoms with Gasteiger partial charge in [-0.1, -0.05) is 43.6 Å². The van der Waals surface area contributed by atoms with Crippen molar-refractivity contribution in [3.8, 4) is 5.75 Å². The third-order valence-electron chi connectivity index (χ3n) is 3.28. The van der Waals surface area contributed by atoms with Crippen molar-refractivity contribution >= 4 is 0 Å². The summed E-state index contributed by atoms with van der Waals surface area (Å²) in [7, 11) is 1.88. The minimum Gasteiger partial charge on any atom is -0.485 e. The summed E-state index contributed by atoms with van der Waals surface area (Å²) < 4.78 is 11.2. The van der Waals surface area contributed by atoms with Gasteiger partial charge < -0.3 is 14.6 Å². The van der Waals surface area contributed by atoms with E-state index < -0.39 is 0 Å². The van der Waals surface area contributed by atoms with Gasteiger partial charge >= 0.3 is 0 Å². The molecule has 0 saturated heterocycles. The van der Waals surface area contributed by atoms with E-state index in [0.29, 0.717) is 13.2 Å². The van der Waals surface area contributed by atoms with E-state index in [1.165, 1.54) is 11.1 Å². The highest BCUT2D eigenvalue weighted by Gasteiger charge is 2.19. The molecule has 1 heterocycles. The summed E-state index contributed by atoms with van der Waals surface area (Å²) in [6.07, 6.45) is 0. The summed E-state index contributed by atoms with van der Waals surface area (Å²) in [5, 5.41) is 7.03. The van der Waals surface area contributed by atoms with Crippen LogP contribution in [0.2, 0.25) is 0 Å². The van der Waals surface area contributed by atoms with Crippen molar-refractivity contribution in [1.29, 1.82) is 0 Å². The molecule has 0 aliphatic rings. The van der Waals surface area contributed by atoms with E-state index in [4.69, 9.17) is 9.26 Å². The highest BCUT2D eigenvalue weighted by atomic mass is 16.5. The smallest absolute Gasteiger partial charge is 0.174 e. The van der Waals surface area contributed by atoms with Gasteiger partial charge in [-0.3, -0.25) is 0 Å². The van der Waals surface area contributed by atoms with Gasteiger partial charge in [0.25, 0.3) is 0 Å².